The molecule has 0 spiro atoms. The van der Waals surface area contributed by atoms with Gasteiger partial charge >= 0.3 is 5.69 Å². The van der Waals surface area contributed by atoms with Gasteiger partial charge in [-0.2, -0.15) is 5.10 Å². The molecule has 2 aromatic rings. The molecule has 0 radical (unpaired) electrons. The van der Waals surface area contributed by atoms with Gasteiger partial charge in [-0.3, -0.25) is 19.6 Å². The van der Waals surface area contributed by atoms with Crippen molar-refractivity contribution in [2.24, 2.45) is 0 Å². The minimum absolute atomic E-state index is 0.0204. The number of carbonyl (C=O) groups excluding carboxylic acids is 1. The summed E-state index contributed by atoms with van der Waals surface area (Å²) in [6, 6.07) is 0.0204. The molecule has 24 heavy (non-hydrogen) atoms. The summed E-state index contributed by atoms with van der Waals surface area (Å²) in [4.78, 5) is 21.7. The van der Waals surface area contributed by atoms with Gasteiger partial charge < -0.3 is 5.32 Å². The number of carbonyl (C=O) groups is 1. The summed E-state index contributed by atoms with van der Waals surface area (Å²) in [5.74, 6) is -7.71. The number of rotatable bonds is 5. The first-order valence-corrected chi connectivity index (χ1v) is 6.52. The molecule has 0 aliphatic heterocycles. The highest BCUT2D eigenvalue weighted by molar-refractivity contribution is 5.90. The zero-order valence-electron chi connectivity index (χ0n) is 12.1. The van der Waals surface area contributed by atoms with Gasteiger partial charge in [0.25, 0.3) is 0 Å². The minimum atomic E-state index is -1.73. The molecule has 0 aliphatic carbocycles. The smallest absolute Gasteiger partial charge is 0.309 e. The highest BCUT2D eigenvalue weighted by atomic mass is 19.2. The molecule has 0 fully saturated rings. The third kappa shape index (κ3) is 3.34. The topological polar surface area (TPSA) is 90.1 Å². The van der Waals surface area contributed by atoms with Crippen LogP contribution in [0.2, 0.25) is 0 Å². The van der Waals surface area contributed by atoms with Crippen LogP contribution in [0.15, 0.2) is 12.3 Å². The number of amides is 1. The van der Waals surface area contributed by atoms with E-state index >= 15 is 0 Å². The van der Waals surface area contributed by atoms with Crippen LogP contribution in [0.4, 0.5) is 28.9 Å². The Morgan fingerprint density at radius 2 is 1.88 bits per heavy atom. The predicted octanol–water partition coefficient (Wildman–Crippen LogP) is 2.68. The van der Waals surface area contributed by atoms with Crippen LogP contribution < -0.4 is 5.32 Å². The molecule has 0 bridgehead atoms. The molecule has 1 N–H and O–H groups in total. The van der Waals surface area contributed by atoms with Gasteiger partial charge in [0.1, 0.15) is 17.6 Å². The number of hydrogen-bond acceptors (Lipinski definition) is 4. The molecule has 0 saturated heterocycles. The van der Waals surface area contributed by atoms with Crippen molar-refractivity contribution in [2.45, 2.75) is 19.9 Å². The van der Waals surface area contributed by atoms with Crippen LogP contribution >= 0.6 is 0 Å². The van der Waals surface area contributed by atoms with Gasteiger partial charge in [0.05, 0.1) is 11.5 Å². The third-order valence-corrected chi connectivity index (χ3v) is 3.20. The summed E-state index contributed by atoms with van der Waals surface area (Å²) in [5, 5.41) is 16.1. The maximum absolute atomic E-state index is 13.4. The first-order valence-electron chi connectivity index (χ1n) is 6.52. The molecule has 7 nitrogen and oxygen atoms in total. The summed E-state index contributed by atoms with van der Waals surface area (Å²) < 4.78 is 54.1. The number of halogens is 4. The number of nitro groups is 1. The Morgan fingerprint density at radius 3 is 2.38 bits per heavy atom. The van der Waals surface area contributed by atoms with Crippen LogP contribution in [-0.2, 0) is 11.3 Å². The zero-order valence-corrected chi connectivity index (χ0v) is 12.1. The van der Waals surface area contributed by atoms with E-state index in [1.807, 2.05) is 0 Å². The average molecular weight is 346 g/mol. The van der Waals surface area contributed by atoms with Crippen LogP contribution in [0.3, 0.4) is 0 Å². The summed E-state index contributed by atoms with van der Waals surface area (Å²) in [6.07, 6.45) is 0.616. The van der Waals surface area contributed by atoms with E-state index in [1.165, 1.54) is 6.92 Å². The number of nitrogens with zero attached hydrogens (tertiary/aromatic N) is 3. The third-order valence-electron chi connectivity index (χ3n) is 3.20. The second kappa shape index (κ2) is 6.64. The molecule has 1 heterocycles. The van der Waals surface area contributed by atoms with Crippen molar-refractivity contribution in [3.8, 4) is 0 Å². The standard InChI is InChI=1S/C13H10F4N4O3/c1-6-9(21(23)24)5-18-20(6)3-2-10(22)19-13-11(16)7(14)4-8(15)12(13)17/h4-5H,2-3H2,1H3,(H,19,22). The first-order chi connectivity index (χ1) is 11.2. The molecule has 11 heteroatoms. The van der Waals surface area contributed by atoms with Crippen LogP contribution in [0.25, 0.3) is 0 Å². The average Bonchev–Trinajstić information content (AvgIpc) is 2.88. The predicted molar refractivity (Wildman–Crippen MR) is 73.1 cm³/mol. The van der Waals surface area contributed by atoms with E-state index in [4.69, 9.17) is 0 Å². The van der Waals surface area contributed by atoms with Crippen LogP contribution in [0, 0.1) is 40.3 Å². The Labute approximate surface area is 132 Å². The van der Waals surface area contributed by atoms with Crippen molar-refractivity contribution in [3.05, 3.63) is 51.3 Å². The molecular weight excluding hydrogens is 336 g/mol. The monoisotopic (exact) mass is 346 g/mol. The second-order valence-corrected chi connectivity index (χ2v) is 4.74. The largest absolute Gasteiger partial charge is 0.321 e. The number of nitrogens with one attached hydrogen (secondary N) is 1. The lowest BCUT2D eigenvalue weighted by Crippen LogP contribution is -2.18. The highest BCUT2D eigenvalue weighted by Gasteiger charge is 2.21. The molecule has 0 unspecified atom stereocenters. The maximum Gasteiger partial charge on any atom is 0.309 e. The van der Waals surface area contributed by atoms with Crippen molar-refractivity contribution in [1.82, 2.24) is 9.78 Å². The molecule has 1 aromatic carbocycles. The Bertz CT molecular complexity index is 796. The SMILES string of the molecule is Cc1c([N+](=O)[O-])cnn1CCC(=O)Nc1c(F)c(F)cc(F)c1F. The number of hydrogen-bond donors (Lipinski definition) is 1. The Balaban J connectivity index is 2.09. The molecule has 0 aliphatic rings. The maximum atomic E-state index is 13.4. The minimum Gasteiger partial charge on any atom is -0.321 e. The molecule has 128 valence electrons. The van der Waals surface area contributed by atoms with Crippen molar-refractivity contribution in [3.63, 3.8) is 0 Å². The summed E-state index contributed by atoms with van der Waals surface area (Å²) in [5.41, 5.74) is -1.30. The van der Waals surface area contributed by atoms with E-state index in [1.54, 1.807) is 5.32 Å². The fourth-order valence-electron chi connectivity index (χ4n) is 1.93. The highest BCUT2D eigenvalue weighted by Crippen LogP contribution is 2.24. The van der Waals surface area contributed by atoms with Crippen molar-refractivity contribution >= 4 is 17.3 Å². The van der Waals surface area contributed by atoms with Crippen molar-refractivity contribution in [2.75, 3.05) is 5.32 Å². The van der Waals surface area contributed by atoms with E-state index < -0.39 is 39.8 Å². The Kier molecular flexibility index (Phi) is 4.81. The lowest BCUT2D eigenvalue weighted by molar-refractivity contribution is -0.385. The van der Waals surface area contributed by atoms with Crippen molar-refractivity contribution < 1.29 is 27.3 Å². The zero-order chi connectivity index (χ0) is 18.0. The number of benzene rings is 1. The Hall–Kier alpha value is -2.98. The van der Waals surface area contributed by atoms with Gasteiger partial charge in [0.15, 0.2) is 23.3 Å². The number of aryl methyl sites for hydroxylation is 1. The van der Waals surface area contributed by atoms with E-state index in [0.29, 0.717) is 0 Å². The quantitative estimate of drug-likeness (QED) is 0.390. The van der Waals surface area contributed by atoms with Crippen LogP contribution in [0.5, 0.6) is 0 Å². The number of aromatic nitrogens is 2. The van der Waals surface area contributed by atoms with Gasteiger partial charge in [-0.25, -0.2) is 17.6 Å². The van der Waals surface area contributed by atoms with Gasteiger partial charge in [0, 0.05) is 12.5 Å². The van der Waals surface area contributed by atoms with Gasteiger partial charge in [-0.05, 0) is 6.92 Å². The Morgan fingerprint density at radius 1 is 1.29 bits per heavy atom. The van der Waals surface area contributed by atoms with E-state index in [2.05, 4.69) is 5.10 Å². The second-order valence-electron chi connectivity index (χ2n) is 4.74. The fourth-order valence-corrected chi connectivity index (χ4v) is 1.93. The lowest BCUT2D eigenvalue weighted by atomic mass is 10.2. The summed E-state index contributed by atoms with van der Waals surface area (Å²) >= 11 is 0. The van der Waals surface area contributed by atoms with Crippen molar-refractivity contribution in [1.29, 1.82) is 0 Å². The molecule has 1 amide bonds. The first kappa shape index (κ1) is 17.4. The summed E-state index contributed by atoms with van der Waals surface area (Å²) in [7, 11) is 0. The molecule has 0 saturated carbocycles. The van der Waals surface area contributed by atoms with Gasteiger partial charge in [-0.1, -0.05) is 0 Å². The van der Waals surface area contributed by atoms with Crippen LogP contribution in [-0.4, -0.2) is 20.6 Å². The fraction of sp³-hybridized carbons (Fsp3) is 0.231. The van der Waals surface area contributed by atoms with Crippen LogP contribution in [0.1, 0.15) is 12.1 Å². The van der Waals surface area contributed by atoms with E-state index in [9.17, 15) is 32.5 Å². The lowest BCUT2D eigenvalue weighted by Gasteiger charge is -2.09. The van der Waals surface area contributed by atoms with Gasteiger partial charge in [-0.15, -0.1) is 0 Å². The normalized spacial score (nSPS) is 10.7. The van der Waals surface area contributed by atoms with E-state index in [0.717, 1.165) is 10.9 Å². The molecular formula is C13H10F4N4O3. The summed E-state index contributed by atoms with van der Waals surface area (Å²) in [6.45, 7) is 1.27. The molecule has 1 aromatic heterocycles. The molecule has 0 atom stereocenters. The molecule has 2 rings (SSSR count). The number of anilines is 1. The van der Waals surface area contributed by atoms with E-state index in [-0.39, 0.29) is 30.4 Å². The van der Waals surface area contributed by atoms with Gasteiger partial charge in [0.2, 0.25) is 5.91 Å².